The number of anilines is 1. The largest absolute Gasteiger partial charge is 0.390 e. The van der Waals surface area contributed by atoms with E-state index in [0.29, 0.717) is 0 Å². The smallest absolute Gasteiger partial charge is 0.353 e. The van der Waals surface area contributed by atoms with Gasteiger partial charge in [-0.15, -0.1) is 5.10 Å². The molecular weight excluding hydrogens is 345 g/mol. The summed E-state index contributed by atoms with van der Waals surface area (Å²) in [6.45, 7) is -0.271. The van der Waals surface area contributed by atoms with E-state index in [2.05, 4.69) is 25.4 Å². The molecular formula is C17H13F3N6. The van der Waals surface area contributed by atoms with Crippen molar-refractivity contribution in [3.63, 3.8) is 0 Å². The van der Waals surface area contributed by atoms with Gasteiger partial charge in [0.05, 0.1) is 29.2 Å². The fraction of sp³-hybridized carbons (Fsp3) is 0.176. The van der Waals surface area contributed by atoms with Gasteiger partial charge >= 0.3 is 6.18 Å². The second-order valence-corrected chi connectivity index (χ2v) is 5.69. The monoisotopic (exact) mass is 358 g/mol. The van der Waals surface area contributed by atoms with Crippen LogP contribution in [0.3, 0.4) is 0 Å². The van der Waals surface area contributed by atoms with E-state index in [1.807, 2.05) is 24.3 Å². The van der Waals surface area contributed by atoms with Gasteiger partial charge in [0.25, 0.3) is 0 Å². The molecule has 0 amide bonds. The molecule has 0 aliphatic carbocycles. The van der Waals surface area contributed by atoms with Crippen LogP contribution in [-0.2, 0) is 0 Å². The van der Waals surface area contributed by atoms with Crippen LogP contribution in [-0.4, -0.2) is 37.3 Å². The summed E-state index contributed by atoms with van der Waals surface area (Å²) in [7, 11) is 0. The molecule has 0 bridgehead atoms. The van der Waals surface area contributed by atoms with E-state index in [1.54, 1.807) is 29.3 Å². The molecule has 9 heteroatoms. The van der Waals surface area contributed by atoms with Crippen molar-refractivity contribution in [1.82, 2.24) is 24.6 Å². The number of nitrogens with zero attached hydrogens (tertiary/aromatic N) is 5. The second kappa shape index (κ2) is 6.25. The summed E-state index contributed by atoms with van der Waals surface area (Å²) in [6, 6.07) is 7.62. The lowest BCUT2D eigenvalue weighted by Gasteiger charge is -2.08. The van der Waals surface area contributed by atoms with Crippen LogP contribution in [0, 0.1) is 0 Å². The molecule has 3 aromatic heterocycles. The Kier molecular flexibility index (Phi) is 3.90. The van der Waals surface area contributed by atoms with E-state index >= 15 is 0 Å². The normalized spacial score (nSPS) is 12.0. The van der Waals surface area contributed by atoms with Crippen molar-refractivity contribution in [1.29, 1.82) is 0 Å². The molecule has 4 rings (SSSR count). The average Bonchev–Trinajstić information content (AvgIpc) is 3.03. The molecule has 4 aromatic rings. The fourth-order valence-electron chi connectivity index (χ4n) is 2.67. The zero-order chi connectivity index (χ0) is 18.1. The van der Waals surface area contributed by atoms with Gasteiger partial charge < -0.3 is 5.32 Å². The molecule has 132 valence electrons. The van der Waals surface area contributed by atoms with Crippen LogP contribution >= 0.6 is 0 Å². The van der Waals surface area contributed by atoms with E-state index < -0.39 is 12.6 Å². The molecule has 0 spiro atoms. The van der Waals surface area contributed by atoms with Crippen LogP contribution in [0.25, 0.3) is 27.7 Å². The highest BCUT2D eigenvalue weighted by molar-refractivity contribution is 5.86. The topological polar surface area (TPSA) is 68.0 Å². The van der Waals surface area contributed by atoms with Crippen molar-refractivity contribution in [2.24, 2.45) is 0 Å². The highest BCUT2D eigenvalue weighted by Crippen LogP contribution is 2.27. The van der Waals surface area contributed by atoms with E-state index in [4.69, 9.17) is 0 Å². The zero-order valence-electron chi connectivity index (χ0n) is 13.4. The van der Waals surface area contributed by atoms with Gasteiger partial charge in [-0.05, 0) is 23.8 Å². The highest BCUT2D eigenvalue weighted by Gasteiger charge is 2.26. The van der Waals surface area contributed by atoms with E-state index in [-0.39, 0.29) is 12.5 Å². The Morgan fingerprint density at radius 2 is 1.81 bits per heavy atom. The van der Waals surface area contributed by atoms with E-state index in [1.165, 1.54) is 0 Å². The summed E-state index contributed by atoms with van der Waals surface area (Å²) in [5.74, 6) is 0.147. The summed E-state index contributed by atoms with van der Waals surface area (Å²) in [6.07, 6.45) is 1.43. The van der Waals surface area contributed by atoms with Gasteiger partial charge in [-0.25, -0.2) is 9.50 Å². The standard InChI is InChI=1S/C17H13F3N6/c18-17(19,20)4-5-23-16-24-10-15-12(3-8-26(15)25-16)11-1-2-13-14(9-11)22-7-6-21-13/h1-3,6-10H,4-5H2,(H,23,25). The van der Waals surface area contributed by atoms with Gasteiger partial charge in [-0.2, -0.15) is 13.2 Å². The third-order valence-corrected chi connectivity index (χ3v) is 3.89. The summed E-state index contributed by atoms with van der Waals surface area (Å²) in [5, 5.41) is 6.79. The Hall–Kier alpha value is -3.23. The number of halogens is 3. The van der Waals surface area contributed by atoms with Gasteiger partial charge in [-0.1, -0.05) is 6.07 Å². The van der Waals surface area contributed by atoms with Crippen LogP contribution < -0.4 is 5.32 Å². The maximum Gasteiger partial charge on any atom is 0.390 e. The molecule has 1 aromatic carbocycles. The summed E-state index contributed by atoms with van der Waals surface area (Å²) in [4.78, 5) is 12.6. The maximum atomic E-state index is 12.2. The SMILES string of the molecule is FC(F)(F)CCNc1ncc2c(-c3ccc4nccnc4c3)ccn2n1. The number of aromatic nitrogens is 5. The van der Waals surface area contributed by atoms with Crippen molar-refractivity contribution in [3.8, 4) is 11.1 Å². The number of fused-ring (bicyclic) bond motifs is 2. The van der Waals surface area contributed by atoms with Gasteiger partial charge in [0.2, 0.25) is 5.95 Å². The Morgan fingerprint density at radius 3 is 2.62 bits per heavy atom. The number of alkyl halides is 3. The lowest BCUT2D eigenvalue weighted by Crippen LogP contribution is -2.16. The number of nitrogens with one attached hydrogen (secondary N) is 1. The van der Waals surface area contributed by atoms with E-state index in [9.17, 15) is 13.2 Å². The van der Waals surface area contributed by atoms with Crippen molar-refractivity contribution >= 4 is 22.5 Å². The third kappa shape index (κ3) is 3.28. The number of hydrogen-bond acceptors (Lipinski definition) is 5. The van der Waals surface area contributed by atoms with Gasteiger partial charge in [-0.3, -0.25) is 9.97 Å². The van der Waals surface area contributed by atoms with Gasteiger partial charge in [0, 0.05) is 30.7 Å². The minimum atomic E-state index is -4.21. The van der Waals surface area contributed by atoms with Crippen LogP contribution in [0.4, 0.5) is 19.1 Å². The molecule has 0 fully saturated rings. The average molecular weight is 358 g/mol. The molecule has 0 unspecified atom stereocenters. The highest BCUT2D eigenvalue weighted by atomic mass is 19.4. The molecule has 0 atom stereocenters. The first-order chi connectivity index (χ1) is 12.5. The first-order valence-corrected chi connectivity index (χ1v) is 7.86. The van der Waals surface area contributed by atoms with Crippen molar-refractivity contribution in [3.05, 3.63) is 49.1 Å². The third-order valence-electron chi connectivity index (χ3n) is 3.89. The number of hydrogen-bond donors (Lipinski definition) is 1. The predicted molar refractivity (Wildman–Crippen MR) is 90.7 cm³/mol. The van der Waals surface area contributed by atoms with Gasteiger partial charge in [0.1, 0.15) is 0 Å². The van der Waals surface area contributed by atoms with Crippen LogP contribution in [0.5, 0.6) is 0 Å². The summed E-state index contributed by atoms with van der Waals surface area (Å²) in [5.41, 5.74) is 4.15. The van der Waals surface area contributed by atoms with Crippen molar-refractivity contribution in [2.75, 3.05) is 11.9 Å². The van der Waals surface area contributed by atoms with Gasteiger partial charge in [0.15, 0.2) is 0 Å². The first-order valence-electron chi connectivity index (χ1n) is 7.86. The predicted octanol–water partition coefficient (Wildman–Crippen LogP) is 3.70. The second-order valence-electron chi connectivity index (χ2n) is 5.69. The molecule has 0 aliphatic heterocycles. The first kappa shape index (κ1) is 16.2. The maximum absolute atomic E-state index is 12.2. The van der Waals surface area contributed by atoms with Crippen molar-refractivity contribution < 1.29 is 13.2 Å². The quantitative estimate of drug-likeness (QED) is 0.602. The Balaban J connectivity index is 1.62. The Morgan fingerprint density at radius 1 is 1.00 bits per heavy atom. The zero-order valence-corrected chi connectivity index (χ0v) is 13.4. The number of benzene rings is 1. The molecule has 6 nitrogen and oxygen atoms in total. The minimum Gasteiger partial charge on any atom is -0.353 e. The summed E-state index contributed by atoms with van der Waals surface area (Å²) >= 11 is 0. The molecule has 0 aliphatic rings. The summed E-state index contributed by atoms with van der Waals surface area (Å²) < 4.78 is 38.2. The van der Waals surface area contributed by atoms with Crippen molar-refractivity contribution in [2.45, 2.75) is 12.6 Å². The lowest BCUT2D eigenvalue weighted by atomic mass is 10.1. The molecule has 0 radical (unpaired) electrons. The molecule has 0 saturated heterocycles. The Bertz CT molecular complexity index is 1070. The molecule has 3 heterocycles. The fourth-order valence-corrected chi connectivity index (χ4v) is 2.67. The molecule has 1 N–H and O–H groups in total. The minimum absolute atomic E-state index is 0.147. The van der Waals surface area contributed by atoms with Crippen LogP contribution in [0.1, 0.15) is 6.42 Å². The lowest BCUT2D eigenvalue weighted by molar-refractivity contribution is -0.131. The van der Waals surface area contributed by atoms with Crippen LogP contribution in [0.2, 0.25) is 0 Å². The van der Waals surface area contributed by atoms with E-state index in [0.717, 1.165) is 27.7 Å². The van der Waals surface area contributed by atoms with Crippen LogP contribution in [0.15, 0.2) is 49.1 Å². The molecule has 26 heavy (non-hydrogen) atoms. The Labute approximate surface area is 145 Å². The molecule has 0 saturated carbocycles. The number of rotatable bonds is 4.